The first-order valence-electron chi connectivity index (χ1n) is 16.0. The van der Waals surface area contributed by atoms with E-state index < -0.39 is 11.7 Å². The standard InChI is InChI=1S/C36H35F3N4O4/c37-36(38,39)26-8-12-28(13-9-26)43-19-17-29(18-20-43)46-30-14-15-31-33(21-30)47-35(42-31)34(45)41-27-10-3-23(4-11-27)5-16-32(44)25-6-1-24(22-40)2-7-25/h1-2,6-9,12-15,21,23,27,29H,3-5,10-11,16-20H2,(H,41,45). The number of hydrogen-bond donors (Lipinski definition) is 1. The molecule has 244 valence electrons. The molecule has 4 aromatic rings. The molecule has 0 spiro atoms. The molecule has 1 saturated carbocycles. The fourth-order valence-corrected chi connectivity index (χ4v) is 6.41. The number of nitrogens with zero attached hydrogens (tertiary/aromatic N) is 3. The van der Waals surface area contributed by atoms with Gasteiger partial charge in [-0.3, -0.25) is 9.59 Å². The number of nitrogens with one attached hydrogen (secondary N) is 1. The van der Waals surface area contributed by atoms with Crippen molar-refractivity contribution in [1.82, 2.24) is 10.3 Å². The molecule has 11 heteroatoms. The Morgan fingerprint density at radius 1 is 0.957 bits per heavy atom. The Labute approximate surface area is 270 Å². The number of hydrogen-bond acceptors (Lipinski definition) is 7. The van der Waals surface area contributed by atoms with E-state index in [1.54, 1.807) is 42.5 Å². The van der Waals surface area contributed by atoms with Crippen LogP contribution in [0, 0.1) is 17.2 Å². The molecule has 1 saturated heterocycles. The molecule has 2 aliphatic rings. The lowest BCUT2D eigenvalue weighted by molar-refractivity contribution is -0.137. The minimum Gasteiger partial charge on any atom is -0.490 e. The summed E-state index contributed by atoms with van der Waals surface area (Å²) in [4.78, 5) is 31.9. The molecule has 0 unspecified atom stereocenters. The van der Waals surface area contributed by atoms with Crippen LogP contribution in [0.4, 0.5) is 18.9 Å². The first kappa shape index (κ1) is 32.1. The molecule has 0 atom stereocenters. The summed E-state index contributed by atoms with van der Waals surface area (Å²) in [5.41, 5.74) is 2.26. The number of rotatable bonds is 9. The first-order valence-corrected chi connectivity index (χ1v) is 16.0. The van der Waals surface area contributed by atoms with Crippen LogP contribution in [0.1, 0.15) is 83.5 Å². The van der Waals surface area contributed by atoms with Crippen LogP contribution in [0.2, 0.25) is 0 Å². The third-order valence-corrected chi connectivity index (χ3v) is 9.16. The van der Waals surface area contributed by atoms with Crippen LogP contribution in [0.25, 0.3) is 11.1 Å². The number of nitriles is 1. The van der Waals surface area contributed by atoms with Gasteiger partial charge in [0.25, 0.3) is 5.89 Å². The van der Waals surface area contributed by atoms with E-state index in [2.05, 4.69) is 21.3 Å². The summed E-state index contributed by atoms with van der Waals surface area (Å²) in [6, 6.07) is 19.3. The van der Waals surface area contributed by atoms with Crippen molar-refractivity contribution >= 4 is 28.5 Å². The maximum Gasteiger partial charge on any atom is 0.416 e. The number of piperidine rings is 1. The van der Waals surface area contributed by atoms with Gasteiger partial charge in [0.15, 0.2) is 11.4 Å². The highest BCUT2D eigenvalue weighted by Gasteiger charge is 2.31. The van der Waals surface area contributed by atoms with Gasteiger partial charge in [-0.15, -0.1) is 0 Å². The van der Waals surface area contributed by atoms with Crippen molar-refractivity contribution in [2.45, 2.75) is 69.7 Å². The van der Waals surface area contributed by atoms with Crippen LogP contribution in [0.3, 0.4) is 0 Å². The Morgan fingerprint density at radius 2 is 1.66 bits per heavy atom. The van der Waals surface area contributed by atoms with Crippen molar-refractivity contribution in [3.05, 3.63) is 89.3 Å². The van der Waals surface area contributed by atoms with E-state index in [-0.39, 0.29) is 29.7 Å². The summed E-state index contributed by atoms with van der Waals surface area (Å²) in [6.07, 6.45) is 1.73. The Kier molecular flexibility index (Phi) is 9.48. The third kappa shape index (κ3) is 7.94. The summed E-state index contributed by atoms with van der Waals surface area (Å²) in [5, 5.41) is 12.0. The molecule has 2 fully saturated rings. The van der Waals surface area contributed by atoms with Gasteiger partial charge in [0.05, 0.1) is 17.2 Å². The number of Topliss-reactive ketones (excluding diaryl/α,β-unsaturated/α-hetero) is 1. The molecule has 47 heavy (non-hydrogen) atoms. The Morgan fingerprint density at radius 3 is 2.32 bits per heavy atom. The molecule has 0 bridgehead atoms. The smallest absolute Gasteiger partial charge is 0.416 e. The minimum atomic E-state index is -4.35. The van der Waals surface area contributed by atoms with Gasteiger partial charge in [-0.2, -0.15) is 18.4 Å². The van der Waals surface area contributed by atoms with Crippen LogP contribution in [0.5, 0.6) is 5.75 Å². The van der Waals surface area contributed by atoms with Gasteiger partial charge in [0.2, 0.25) is 0 Å². The Hall–Kier alpha value is -4.85. The minimum absolute atomic E-state index is 0.00265. The van der Waals surface area contributed by atoms with E-state index in [0.29, 0.717) is 66.2 Å². The van der Waals surface area contributed by atoms with E-state index in [1.807, 2.05) is 0 Å². The third-order valence-electron chi connectivity index (χ3n) is 9.16. The van der Waals surface area contributed by atoms with Crippen molar-refractivity contribution in [3.8, 4) is 11.8 Å². The van der Waals surface area contributed by atoms with E-state index in [1.165, 1.54) is 12.1 Å². The van der Waals surface area contributed by atoms with Crippen LogP contribution < -0.4 is 15.0 Å². The average Bonchev–Trinajstić information content (AvgIpc) is 3.52. The number of ketones is 1. The molecule has 2 heterocycles. The van der Waals surface area contributed by atoms with Gasteiger partial charge >= 0.3 is 12.1 Å². The SMILES string of the molecule is N#Cc1ccc(C(=O)CCC2CCC(NC(=O)c3nc4ccc(OC5CCN(c6ccc(C(F)(F)F)cc6)CC5)cc4o3)CC2)cc1. The van der Waals surface area contributed by atoms with Crippen molar-refractivity contribution in [2.75, 3.05) is 18.0 Å². The molecule has 1 amide bonds. The van der Waals surface area contributed by atoms with Gasteiger partial charge in [-0.25, -0.2) is 4.98 Å². The topological polar surface area (TPSA) is 108 Å². The molecule has 1 N–H and O–H groups in total. The summed E-state index contributed by atoms with van der Waals surface area (Å²) < 4.78 is 50.6. The van der Waals surface area contributed by atoms with Crippen molar-refractivity contribution < 1.29 is 31.9 Å². The molecular formula is C36H35F3N4O4. The van der Waals surface area contributed by atoms with Crippen LogP contribution in [-0.2, 0) is 6.18 Å². The monoisotopic (exact) mass is 644 g/mol. The fourth-order valence-electron chi connectivity index (χ4n) is 6.41. The Bertz CT molecular complexity index is 1750. The summed E-state index contributed by atoms with van der Waals surface area (Å²) in [7, 11) is 0. The van der Waals surface area contributed by atoms with Crippen LogP contribution in [0.15, 0.2) is 71.1 Å². The lowest BCUT2D eigenvalue weighted by atomic mass is 9.82. The molecule has 6 rings (SSSR count). The fraction of sp³-hybridized carbons (Fsp3) is 0.389. The number of halogens is 3. The lowest BCUT2D eigenvalue weighted by Gasteiger charge is -2.33. The molecule has 1 aliphatic heterocycles. The van der Waals surface area contributed by atoms with E-state index in [9.17, 15) is 22.8 Å². The summed E-state index contributed by atoms with van der Waals surface area (Å²) >= 11 is 0. The van der Waals surface area contributed by atoms with Crippen molar-refractivity contribution in [1.29, 1.82) is 5.26 Å². The number of ether oxygens (including phenoxy) is 1. The molecule has 8 nitrogen and oxygen atoms in total. The average molecular weight is 645 g/mol. The quantitative estimate of drug-likeness (QED) is 0.186. The number of carbonyl (C=O) groups is 2. The Balaban J connectivity index is 0.948. The number of carbonyl (C=O) groups excluding carboxylic acids is 2. The maximum absolute atomic E-state index is 13.0. The number of alkyl halides is 3. The van der Waals surface area contributed by atoms with Crippen molar-refractivity contribution in [3.63, 3.8) is 0 Å². The second-order valence-corrected chi connectivity index (χ2v) is 12.3. The van der Waals surface area contributed by atoms with E-state index in [4.69, 9.17) is 14.4 Å². The molecule has 1 aromatic heterocycles. The number of amides is 1. The summed E-state index contributed by atoms with van der Waals surface area (Å²) in [5.74, 6) is 0.738. The zero-order chi connectivity index (χ0) is 33.0. The largest absolute Gasteiger partial charge is 0.490 e. The van der Waals surface area contributed by atoms with Gasteiger partial charge in [-0.1, -0.05) is 12.1 Å². The number of benzene rings is 3. The van der Waals surface area contributed by atoms with Crippen LogP contribution >= 0.6 is 0 Å². The second-order valence-electron chi connectivity index (χ2n) is 12.3. The second kappa shape index (κ2) is 13.9. The number of anilines is 1. The predicted molar refractivity (Wildman–Crippen MR) is 169 cm³/mol. The highest BCUT2D eigenvalue weighted by molar-refractivity contribution is 5.96. The predicted octanol–water partition coefficient (Wildman–Crippen LogP) is 7.72. The maximum atomic E-state index is 13.0. The van der Waals surface area contributed by atoms with Crippen molar-refractivity contribution in [2.24, 2.45) is 5.92 Å². The highest BCUT2D eigenvalue weighted by atomic mass is 19.4. The first-order chi connectivity index (χ1) is 22.6. The molecular weight excluding hydrogens is 609 g/mol. The highest BCUT2D eigenvalue weighted by Crippen LogP contribution is 2.32. The van der Waals surface area contributed by atoms with E-state index in [0.717, 1.165) is 49.9 Å². The molecule has 0 radical (unpaired) electrons. The number of aromatic nitrogens is 1. The zero-order valence-electron chi connectivity index (χ0n) is 25.8. The van der Waals surface area contributed by atoms with E-state index >= 15 is 0 Å². The summed E-state index contributed by atoms with van der Waals surface area (Å²) in [6.45, 7) is 1.31. The normalized spacial score (nSPS) is 18.9. The van der Waals surface area contributed by atoms with Gasteiger partial charge in [-0.05, 0) is 86.6 Å². The van der Waals surface area contributed by atoms with Crippen LogP contribution in [-0.4, -0.2) is 41.9 Å². The van der Waals surface area contributed by atoms with Gasteiger partial charge < -0.3 is 19.4 Å². The zero-order valence-corrected chi connectivity index (χ0v) is 25.8. The number of fused-ring (bicyclic) bond motifs is 1. The number of oxazole rings is 1. The molecule has 1 aliphatic carbocycles. The van der Waals surface area contributed by atoms with Gasteiger partial charge in [0.1, 0.15) is 17.4 Å². The lowest BCUT2D eigenvalue weighted by Crippen LogP contribution is -2.38. The van der Waals surface area contributed by atoms with Gasteiger partial charge in [0, 0.05) is 55.7 Å². The molecule has 3 aromatic carbocycles.